The molecule has 0 saturated carbocycles. The maximum Gasteiger partial charge on any atom is 0.229 e. The number of aryl methyl sites for hydroxylation is 2. The van der Waals surface area contributed by atoms with E-state index in [2.05, 4.69) is 5.32 Å². The molecule has 0 aliphatic carbocycles. The van der Waals surface area contributed by atoms with E-state index in [4.69, 9.17) is 0 Å². The van der Waals surface area contributed by atoms with E-state index in [1.807, 2.05) is 62.4 Å². The lowest BCUT2D eigenvalue weighted by atomic mass is 10.1. The van der Waals surface area contributed by atoms with Crippen molar-refractivity contribution in [3.63, 3.8) is 0 Å². The van der Waals surface area contributed by atoms with Crippen molar-refractivity contribution in [2.75, 3.05) is 16.8 Å². The number of hydrogen-bond acceptors (Lipinski definition) is 2. The summed E-state index contributed by atoms with van der Waals surface area (Å²) in [4.78, 5) is 26.3. The van der Waals surface area contributed by atoms with Crippen LogP contribution in [0.25, 0.3) is 0 Å². The van der Waals surface area contributed by atoms with Crippen LogP contribution < -0.4 is 10.2 Å². The monoisotopic (exact) mass is 308 g/mol. The number of rotatable bonds is 3. The second kappa shape index (κ2) is 6.24. The van der Waals surface area contributed by atoms with E-state index in [-0.39, 0.29) is 24.2 Å². The number of benzene rings is 2. The lowest BCUT2D eigenvalue weighted by Gasteiger charge is -2.17. The van der Waals surface area contributed by atoms with Crippen molar-refractivity contribution in [1.82, 2.24) is 0 Å². The van der Waals surface area contributed by atoms with E-state index in [9.17, 15) is 9.59 Å². The van der Waals surface area contributed by atoms with E-state index in [1.54, 1.807) is 4.90 Å². The first kappa shape index (κ1) is 15.3. The summed E-state index contributed by atoms with van der Waals surface area (Å²) in [5, 5.41) is 2.90. The molecule has 3 rings (SSSR count). The van der Waals surface area contributed by atoms with Crippen molar-refractivity contribution in [3.05, 3.63) is 59.7 Å². The predicted octanol–water partition coefficient (Wildman–Crippen LogP) is 3.30. The van der Waals surface area contributed by atoms with Gasteiger partial charge in [-0.15, -0.1) is 0 Å². The van der Waals surface area contributed by atoms with Crippen LogP contribution in [-0.2, 0) is 9.59 Å². The zero-order valence-corrected chi connectivity index (χ0v) is 13.4. The highest BCUT2D eigenvalue weighted by atomic mass is 16.2. The predicted molar refractivity (Wildman–Crippen MR) is 91.4 cm³/mol. The van der Waals surface area contributed by atoms with Gasteiger partial charge >= 0.3 is 0 Å². The van der Waals surface area contributed by atoms with Gasteiger partial charge in [-0.2, -0.15) is 0 Å². The van der Waals surface area contributed by atoms with Crippen LogP contribution in [0.4, 0.5) is 11.4 Å². The third-order valence-electron chi connectivity index (χ3n) is 4.13. The maximum absolute atomic E-state index is 12.4. The molecule has 2 amide bonds. The van der Waals surface area contributed by atoms with Gasteiger partial charge < -0.3 is 10.2 Å². The second-order valence-corrected chi connectivity index (χ2v) is 6.10. The highest BCUT2D eigenvalue weighted by Gasteiger charge is 2.35. The molecule has 4 heteroatoms. The zero-order chi connectivity index (χ0) is 16.4. The highest BCUT2D eigenvalue weighted by molar-refractivity contribution is 6.03. The average molecular weight is 308 g/mol. The van der Waals surface area contributed by atoms with Crippen LogP contribution in [-0.4, -0.2) is 18.4 Å². The zero-order valence-electron chi connectivity index (χ0n) is 13.4. The molecule has 0 unspecified atom stereocenters. The summed E-state index contributed by atoms with van der Waals surface area (Å²) >= 11 is 0. The van der Waals surface area contributed by atoms with Gasteiger partial charge in [0.1, 0.15) is 0 Å². The Morgan fingerprint density at radius 3 is 2.52 bits per heavy atom. The number of amides is 2. The van der Waals surface area contributed by atoms with Gasteiger partial charge in [-0.1, -0.05) is 29.8 Å². The molecule has 1 N–H and O–H groups in total. The standard InChI is InChI=1S/C19H20N2O2/c1-13-6-8-16(9-7-13)20-19(23)15-11-18(22)21(12-15)17-5-3-4-14(2)10-17/h3-10,15H,11-12H2,1-2H3,(H,20,23)/t15-/m0/s1. The summed E-state index contributed by atoms with van der Waals surface area (Å²) < 4.78 is 0. The van der Waals surface area contributed by atoms with Crippen LogP contribution in [0.15, 0.2) is 48.5 Å². The van der Waals surface area contributed by atoms with Crippen LogP contribution in [0.1, 0.15) is 17.5 Å². The van der Waals surface area contributed by atoms with Crippen LogP contribution >= 0.6 is 0 Å². The summed E-state index contributed by atoms with van der Waals surface area (Å²) in [5.41, 5.74) is 3.87. The van der Waals surface area contributed by atoms with Gasteiger partial charge in [-0.3, -0.25) is 9.59 Å². The van der Waals surface area contributed by atoms with Crippen LogP contribution in [0, 0.1) is 19.8 Å². The topological polar surface area (TPSA) is 49.4 Å². The van der Waals surface area contributed by atoms with Gasteiger partial charge in [-0.25, -0.2) is 0 Å². The smallest absolute Gasteiger partial charge is 0.229 e. The van der Waals surface area contributed by atoms with E-state index < -0.39 is 0 Å². The summed E-state index contributed by atoms with van der Waals surface area (Å²) in [6.45, 7) is 4.42. The van der Waals surface area contributed by atoms with Crippen molar-refractivity contribution >= 4 is 23.2 Å². The molecular formula is C19H20N2O2. The van der Waals surface area contributed by atoms with Crippen molar-refractivity contribution in [1.29, 1.82) is 0 Å². The normalized spacial score (nSPS) is 17.4. The van der Waals surface area contributed by atoms with Crippen molar-refractivity contribution in [3.8, 4) is 0 Å². The molecule has 1 saturated heterocycles. The molecule has 1 atom stereocenters. The molecule has 2 aromatic carbocycles. The first-order chi connectivity index (χ1) is 11.0. The van der Waals surface area contributed by atoms with Gasteiger partial charge in [0.05, 0.1) is 5.92 Å². The third kappa shape index (κ3) is 3.42. The van der Waals surface area contributed by atoms with Gasteiger partial charge in [0.15, 0.2) is 0 Å². The average Bonchev–Trinajstić information content (AvgIpc) is 2.92. The fourth-order valence-electron chi connectivity index (χ4n) is 2.81. The van der Waals surface area contributed by atoms with Gasteiger partial charge in [0.25, 0.3) is 0 Å². The summed E-state index contributed by atoms with van der Waals surface area (Å²) in [6.07, 6.45) is 0.256. The molecule has 1 fully saturated rings. The Kier molecular flexibility index (Phi) is 4.15. The van der Waals surface area contributed by atoms with E-state index >= 15 is 0 Å². The summed E-state index contributed by atoms with van der Waals surface area (Å²) in [5.74, 6) is -0.415. The molecule has 1 heterocycles. The van der Waals surface area contributed by atoms with Gasteiger partial charge in [-0.05, 0) is 43.7 Å². The Bertz CT molecular complexity index is 737. The van der Waals surface area contributed by atoms with Gasteiger partial charge in [0.2, 0.25) is 11.8 Å². The minimum Gasteiger partial charge on any atom is -0.326 e. The fourth-order valence-corrected chi connectivity index (χ4v) is 2.81. The minimum atomic E-state index is -0.315. The van der Waals surface area contributed by atoms with Crippen molar-refractivity contribution in [2.24, 2.45) is 5.92 Å². The first-order valence-electron chi connectivity index (χ1n) is 7.77. The Morgan fingerprint density at radius 2 is 1.83 bits per heavy atom. The number of anilines is 2. The van der Waals surface area contributed by atoms with Gasteiger partial charge in [0, 0.05) is 24.3 Å². The SMILES string of the molecule is Cc1ccc(NC(=O)[C@H]2CC(=O)N(c3cccc(C)c3)C2)cc1. The number of nitrogens with zero attached hydrogens (tertiary/aromatic N) is 1. The highest BCUT2D eigenvalue weighted by Crippen LogP contribution is 2.26. The third-order valence-corrected chi connectivity index (χ3v) is 4.13. The number of carbonyl (C=O) groups is 2. The largest absolute Gasteiger partial charge is 0.326 e. The Balaban J connectivity index is 1.69. The van der Waals surface area contributed by atoms with E-state index in [1.165, 1.54) is 0 Å². The molecule has 4 nitrogen and oxygen atoms in total. The van der Waals surface area contributed by atoms with E-state index in [0.717, 1.165) is 22.5 Å². The lowest BCUT2D eigenvalue weighted by Crippen LogP contribution is -2.28. The van der Waals surface area contributed by atoms with E-state index in [0.29, 0.717) is 6.54 Å². The fraction of sp³-hybridized carbons (Fsp3) is 0.263. The lowest BCUT2D eigenvalue weighted by molar-refractivity contribution is -0.122. The molecule has 2 aromatic rings. The Morgan fingerprint density at radius 1 is 1.09 bits per heavy atom. The van der Waals surface area contributed by atoms with Crippen LogP contribution in [0.5, 0.6) is 0 Å². The summed E-state index contributed by atoms with van der Waals surface area (Å²) in [7, 11) is 0. The molecule has 1 aliphatic heterocycles. The van der Waals surface area contributed by atoms with Crippen LogP contribution in [0.2, 0.25) is 0 Å². The molecule has 118 valence electrons. The van der Waals surface area contributed by atoms with Crippen molar-refractivity contribution < 1.29 is 9.59 Å². The number of hydrogen-bond donors (Lipinski definition) is 1. The number of nitrogens with one attached hydrogen (secondary N) is 1. The Hall–Kier alpha value is -2.62. The molecule has 0 aromatic heterocycles. The van der Waals surface area contributed by atoms with Crippen molar-refractivity contribution in [2.45, 2.75) is 20.3 Å². The second-order valence-electron chi connectivity index (χ2n) is 6.10. The summed E-state index contributed by atoms with van der Waals surface area (Å²) in [6, 6.07) is 15.5. The molecule has 0 radical (unpaired) electrons. The first-order valence-corrected chi connectivity index (χ1v) is 7.77. The minimum absolute atomic E-state index is 0.000318. The maximum atomic E-state index is 12.4. The molecular weight excluding hydrogens is 288 g/mol. The Labute approximate surface area is 136 Å². The molecule has 23 heavy (non-hydrogen) atoms. The molecule has 0 spiro atoms. The molecule has 1 aliphatic rings. The van der Waals surface area contributed by atoms with Crippen LogP contribution in [0.3, 0.4) is 0 Å². The molecule has 0 bridgehead atoms. The number of carbonyl (C=O) groups excluding carboxylic acids is 2. The quantitative estimate of drug-likeness (QED) is 0.946.